The molecule has 0 aliphatic carbocycles. The first-order valence-electron chi connectivity index (χ1n) is 3.14. The molecule has 11 heavy (non-hydrogen) atoms. The van der Waals surface area contributed by atoms with E-state index >= 15 is 0 Å². The van der Waals surface area contributed by atoms with Crippen molar-refractivity contribution in [3.8, 4) is 0 Å². The van der Waals surface area contributed by atoms with Crippen LogP contribution in [0.5, 0.6) is 0 Å². The van der Waals surface area contributed by atoms with Gasteiger partial charge in [0.15, 0.2) is 0 Å². The number of rotatable bonds is 1. The van der Waals surface area contributed by atoms with Crippen molar-refractivity contribution in [1.82, 2.24) is 9.55 Å². The summed E-state index contributed by atoms with van der Waals surface area (Å²) < 4.78 is 37.0. The minimum Gasteiger partial charge on any atom is -0.328 e. The Morgan fingerprint density at radius 1 is 1.55 bits per heavy atom. The van der Waals surface area contributed by atoms with Gasteiger partial charge in [0.2, 0.25) is 5.82 Å². The standard InChI is InChI=1S/C6H7F3N2/c1-2-11-4-3-10-5(11)6(7,8)9/h3-4H,2H2,1H3. The largest absolute Gasteiger partial charge is 0.449 e. The van der Waals surface area contributed by atoms with Crippen LogP contribution in [0.15, 0.2) is 12.4 Å². The van der Waals surface area contributed by atoms with Gasteiger partial charge in [0.1, 0.15) is 0 Å². The summed E-state index contributed by atoms with van der Waals surface area (Å²) in [5.41, 5.74) is 0. The van der Waals surface area contributed by atoms with Gasteiger partial charge in [0.05, 0.1) is 0 Å². The summed E-state index contributed by atoms with van der Waals surface area (Å²) in [4.78, 5) is 3.20. The Hall–Kier alpha value is -1.00. The van der Waals surface area contributed by atoms with E-state index in [4.69, 9.17) is 0 Å². The van der Waals surface area contributed by atoms with Gasteiger partial charge in [-0.3, -0.25) is 0 Å². The molecule has 0 atom stereocenters. The van der Waals surface area contributed by atoms with Gasteiger partial charge in [-0.15, -0.1) is 0 Å². The first-order chi connectivity index (χ1) is 5.05. The molecule has 5 heteroatoms. The van der Waals surface area contributed by atoms with Crippen LogP contribution in [0, 0.1) is 0 Å². The molecule has 62 valence electrons. The van der Waals surface area contributed by atoms with E-state index < -0.39 is 12.0 Å². The molecule has 1 aromatic heterocycles. The molecule has 1 heterocycles. The molecule has 2 nitrogen and oxygen atoms in total. The summed E-state index contributed by atoms with van der Waals surface area (Å²) >= 11 is 0. The van der Waals surface area contributed by atoms with Crippen LogP contribution in [0.4, 0.5) is 13.2 Å². The van der Waals surface area contributed by atoms with Crippen molar-refractivity contribution >= 4 is 0 Å². The van der Waals surface area contributed by atoms with Gasteiger partial charge in [0.25, 0.3) is 0 Å². The minimum atomic E-state index is -4.33. The van der Waals surface area contributed by atoms with Gasteiger partial charge in [-0.2, -0.15) is 13.2 Å². The second-order valence-corrected chi connectivity index (χ2v) is 2.03. The van der Waals surface area contributed by atoms with E-state index in [0.717, 1.165) is 10.8 Å². The van der Waals surface area contributed by atoms with Crippen LogP contribution in [-0.4, -0.2) is 9.55 Å². The first kappa shape index (κ1) is 8.10. The van der Waals surface area contributed by atoms with Crippen molar-refractivity contribution in [2.24, 2.45) is 0 Å². The molecule has 0 saturated heterocycles. The normalized spacial score (nSPS) is 12.0. The van der Waals surface area contributed by atoms with Gasteiger partial charge < -0.3 is 4.57 Å². The molecule has 0 N–H and O–H groups in total. The summed E-state index contributed by atoms with van der Waals surface area (Å²) in [5, 5.41) is 0. The molecule has 0 amide bonds. The Balaban J connectivity index is 3.02. The molecule has 0 aliphatic rings. The summed E-state index contributed by atoms with van der Waals surface area (Å²) in [7, 11) is 0. The van der Waals surface area contributed by atoms with Crippen LogP contribution >= 0.6 is 0 Å². The molecular weight excluding hydrogens is 157 g/mol. The van der Waals surface area contributed by atoms with E-state index in [1.165, 1.54) is 6.20 Å². The molecule has 0 spiro atoms. The lowest BCUT2D eigenvalue weighted by molar-refractivity contribution is -0.147. The highest BCUT2D eigenvalue weighted by molar-refractivity contribution is 4.96. The predicted octanol–water partition coefficient (Wildman–Crippen LogP) is 1.92. The molecule has 0 unspecified atom stereocenters. The van der Waals surface area contributed by atoms with Gasteiger partial charge in [-0.05, 0) is 6.92 Å². The Kier molecular flexibility index (Phi) is 1.89. The van der Waals surface area contributed by atoms with Crippen LogP contribution in [0.1, 0.15) is 12.7 Å². The van der Waals surface area contributed by atoms with Crippen LogP contribution in [-0.2, 0) is 12.7 Å². The van der Waals surface area contributed by atoms with Crippen LogP contribution in [0.25, 0.3) is 0 Å². The average Bonchev–Trinajstić information content (AvgIpc) is 2.31. The number of alkyl halides is 3. The fourth-order valence-corrected chi connectivity index (χ4v) is 0.820. The third kappa shape index (κ3) is 1.53. The lowest BCUT2D eigenvalue weighted by atomic mass is 10.5. The highest BCUT2D eigenvalue weighted by atomic mass is 19.4. The zero-order valence-corrected chi connectivity index (χ0v) is 5.89. The van der Waals surface area contributed by atoms with Crippen molar-refractivity contribution in [3.63, 3.8) is 0 Å². The van der Waals surface area contributed by atoms with Crippen molar-refractivity contribution in [2.45, 2.75) is 19.6 Å². The minimum absolute atomic E-state index is 0.287. The number of hydrogen-bond donors (Lipinski definition) is 0. The number of hydrogen-bond acceptors (Lipinski definition) is 1. The Bertz CT molecular complexity index is 238. The molecule has 0 fully saturated rings. The third-order valence-corrected chi connectivity index (χ3v) is 1.31. The van der Waals surface area contributed by atoms with Gasteiger partial charge in [-0.1, -0.05) is 0 Å². The second-order valence-electron chi connectivity index (χ2n) is 2.03. The van der Waals surface area contributed by atoms with E-state index in [-0.39, 0.29) is 6.54 Å². The Morgan fingerprint density at radius 3 is 2.55 bits per heavy atom. The maximum atomic E-state index is 12.0. The van der Waals surface area contributed by atoms with E-state index in [0.29, 0.717) is 0 Å². The molecule has 0 saturated carbocycles. The third-order valence-electron chi connectivity index (χ3n) is 1.31. The number of aromatic nitrogens is 2. The fraction of sp³-hybridized carbons (Fsp3) is 0.500. The molecule has 0 aromatic carbocycles. The number of aryl methyl sites for hydroxylation is 1. The molecule has 0 radical (unpaired) electrons. The predicted molar refractivity (Wildman–Crippen MR) is 32.9 cm³/mol. The van der Waals surface area contributed by atoms with E-state index in [1.807, 2.05) is 0 Å². The molecular formula is C6H7F3N2. The SMILES string of the molecule is CCn1ccnc1C(F)(F)F. The van der Waals surface area contributed by atoms with Crippen molar-refractivity contribution in [2.75, 3.05) is 0 Å². The molecule has 1 rings (SSSR count). The summed E-state index contributed by atoms with van der Waals surface area (Å²) in [6.07, 6.45) is -1.88. The lowest BCUT2D eigenvalue weighted by Crippen LogP contribution is -2.13. The van der Waals surface area contributed by atoms with E-state index in [9.17, 15) is 13.2 Å². The highest BCUT2D eigenvalue weighted by Gasteiger charge is 2.35. The number of imidazole rings is 1. The molecule has 0 bridgehead atoms. The van der Waals surface area contributed by atoms with Crippen molar-refractivity contribution in [3.05, 3.63) is 18.2 Å². The monoisotopic (exact) mass is 164 g/mol. The zero-order chi connectivity index (χ0) is 8.48. The van der Waals surface area contributed by atoms with Crippen molar-refractivity contribution < 1.29 is 13.2 Å². The van der Waals surface area contributed by atoms with Crippen LogP contribution in [0.3, 0.4) is 0 Å². The second kappa shape index (κ2) is 2.56. The number of nitrogens with zero attached hydrogens (tertiary/aromatic N) is 2. The summed E-state index contributed by atoms with van der Waals surface area (Å²) in [6.45, 7) is 1.92. The van der Waals surface area contributed by atoms with Gasteiger partial charge in [0, 0.05) is 18.9 Å². The summed E-state index contributed by atoms with van der Waals surface area (Å²) in [6, 6.07) is 0. The highest BCUT2D eigenvalue weighted by Crippen LogP contribution is 2.27. The van der Waals surface area contributed by atoms with Gasteiger partial charge >= 0.3 is 6.18 Å². The number of halogens is 3. The maximum absolute atomic E-state index is 12.0. The van der Waals surface area contributed by atoms with Gasteiger partial charge in [-0.25, -0.2) is 4.98 Å². The van der Waals surface area contributed by atoms with E-state index in [1.54, 1.807) is 6.92 Å². The molecule has 1 aromatic rings. The zero-order valence-electron chi connectivity index (χ0n) is 5.89. The smallest absolute Gasteiger partial charge is 0.328 e. The fourth-order valence-electron chi connectivity index (χ4n) is 0.820. The Morgan fingerprint density at radius 2 is 2.18 bits per heavy atom. The quantitative estimate of drug-likeness (QED) is 0.620. The Labute approximate surface area is 61.7 Å². The maximum Gasteiger partial charge on any atom is 0.449 e. The average molecular weight is 164 g/mol. The van der Waals surface area contributed by atoms with E-state index in [2.05, 4.69) is 4.98 Å². The van der Waals surface area contributed by atoms with Crippen LogP contribution in [0.2, 0.25) is 0 Å². The van der Waals surface area contributed by atoms with Crippen LogP contribution < -0.4 is 0 Å². The van der Waals surface area contributed by atoms with Crippen molar-refractivity contribution in [1.29, 1.82) is 0 Å². The first-order valence-corrected chi connectivity index (χ1v) is 3.14. The topological polar surface area (TPSA) is 17.8 Å². The lowest BCUT2D eigenvalue weighted by Gasteiger charge is -2.06. The molecule has 0 aliphatic heterocycles. The summed E-state index contributed by atoms with van der Waals surface area (Å²) in [5.74, 6) is -0.833.